The first kappa shape index (κ1) is 11.5. The van der Waals surface area contributed by atoms with E-state index < -0.39 is 0 Å². The fraction of sp³-hybridized carbons (Fsp3) is 0.545. The highest BCUT2D eigenvalue weighted by Crippen LogP contribution is 2.48. The summed E-state index contributed by atoms with van der Waals surface area (Å²) in [6.07, 6.45) is 6.57. The van der Waals surface area contributed by atoms with Crippen molar-refractivity contribution < 1.29 is 4.79 Å². The van der Waals surface area contributed by atoms with Crippen molar-refractivity contribution >= 4 is 21.8 Å². The summed E-state index contributed by atoms with van der Waals surface area (Å²) in [6.45, 7) is 0.764. The second-order valence-corrected chi connectivity index (χ2v) is 5.05. The SMILES string of the molecule is O=C(NCC1(CCBr)CC1)c1ccnnc1. The minimum absolute atomic E-state index is 0.0595. The summed E-state index contributed by atoms with van der Waals surface area (Å²) in [4.78, 5) is 11.7. The molecule has 1 amide bonds. The van der Waals surface area contributed by atoms with Crippen LogP contribution in [0.5, 0.6) is 0 Å². The summed E-state index contributed by atoms with van der Waals surface area (Å²) in [5.41, 5.74) is 0.921. The zero-order valence-electron chi connectivity index (χ0n) is 8.95. The van der Waals surface area contributed by atoms with Crippen molar-refractivity contribution in [3.05, 3.63) is 24.0 Å². The Kier molecular flexibility index (Phi) is 3.53. The van der Waals surface area contributed by atoms with Crippen molar-refractivity contribution in [2.45, 2.75) is 19.3 Å². The third-order valence-electron chi connectivity index (χ3n) is 3.05. The van der Waals surface area contributed by atoms with E-state index in [-0.39, 0.29) is 5.91 Å². The van der Waals surface area contributed by atoms with E-state index in [4.69, 9.17) is 0 Å². The molecule has 0 radical (unpaired) electrons. The summed E-state index contributed by atoms with van der Waals surface area (Å²) in [5, 5.41) is 11.3. The van der Waals surface area contributed by atoms with Gasteiger partial charge in [-0.25, -0.2) is 0 Å². The lowest BCUT2D eigenvalue weighted by atomic mass is 10.0. The van der Waals surface area contributed by atoms with Crippen molar-refractivity contribution in [2.75, 3.05) is 11.9 Å². The predicted octanol–water partition coefficient (Wildman–Crippen LogP) is 1.77. The van der Waals surface area contributed by atoms with Crippen LogP contribution in [0.15, 0.2) is 18.5 Å². The molecule has 0 unspecified atom stereocenters. The lowest BCUT2D eigenvalue weighted by Gasteiger charge is -2.14. The number of alkyl halides is 1. The van der Waals surface area contributed by atoms with Crippen LogP contribution in [0.1, 0.15) is 29.6 Å². The highest BCUT2D eigenvalue weighted by Gasteiger charge is 2.41. The van der Waals surface area contributed by atoms with Crippen molar-refractivity contribution in [1.82, 2.24) is 15.5 Å². The molecule has 1 aromatic rings. The average Bonchev–Trinajstić information content (AvgIpc) is 3.08. The molecule has 5 heteroatoms. The minimum Gasteiger partial charge on any atom is -0.351 e. The Balaban J connectivity index is 1.85. The topological polar surface area (TPSA) is 54.9 Å². The van der Waals surface area contributed by atoms with Crippen LogP contribution in [0.4, 0.5) is 0 Å². The van der Waals surface area contributed by atoms with Crippen LogP contribution in [-0.4, -0.2) is 28.0 Å². The van der Waals surface area contributed by atoms with Gasteiger partial charge in [0, 0.05) is 11.9 Å². The minimum atomic E-state index is -0.0595. The summed E-state index contributed by atoms with van der Waals surface area (Å²) < 4.78 is 0. The molecule has 1 aromatic heterocycles. The van der Waals surface area contributed by atoms with E-state index in [1.807, 2.05) is 0 Å². The number of nitrogens with zero attached hydrogens (tertiary/aromatic N) is 2. The largest absolute Gasteiger partial charge is 0.351 e. The summed E-state index contributed by atoms with van der Waals surface area (Å²) >= 11 is 3.45. The lowest BCUT2D eigenvalue weighted by Crippen LogP contribution is -2.30. The third kappa shape index (κ3) is 2.78. The van der Waals surface area contributed by atoms with Crippen molar-refractivity contribution in [1.29, 1.82) is 0 Å². The van der Waals surface area contributed by atoms with Crippen LogP contribution >= 0.6 is 15.9 Å². The van der Waals surface area contributed by atoms with Gasteiger partial charge < -0.3 is 5.32 Å². The number of hydrogen-bond acceptors (Lipinski definition) is 3. The second kappa shape index (κ2) is 4.91. The maximum absolute atomic E-state index is 11.7. The van der Waals surface area contributed by atoms with Gasteiger partial charge in [0.1, 0.15) is 0 Å². The molecule has 4 nitrogen and oxygen atoms in total. The first-order valence-electron chi connectivity index (χ1n) is 5.37. The number of halogens is 1. The molecule has 16 heavy (non-hydrogen) atoms. The lowest BCUT2D eigenvalue weighted by molar-refractivity contribution is 0.0944. The van der Waals surface area contributed by atoms with E-state index in [0.29, 0.717) is 11.0 Å². The molecule has 1 aliphatic rings. The Morgan fingerprint density at radius 3 is 2.88 bits per heavy atom. The normalized spacial score (nSPS) is 16.8. The summed E-state index contributed by atoms with van der Waals surface area (Å²) in [6, 6.07) is 1.67. The van der Waals surface area contributed by atoms with Gasteiger partial charge in [-0.05, 0) is 30.7 Å². The number of carbonyl (C=O) groups is 1. The average molecular weight is 284 g/mol. The van der Waals surface area contributed by atoms with E-state index in [2.05, 4.69) is 31.4 Å². The zero-order valence-corrected chi connectivity index (χ0v) is 10.5. The first-order chi connectivity index (χ1) is 7.76. The molecular weight excluding hydrogens is 270 g/mol. The molecule has 0 spiro atoms. The highest BCUT2D eigenvalue weighted by molar-refractivity contribution is 9.09. The van der Waals surface area contributed by atoms with Gasteiger partial charge in [-0.1, -0.05) is 15.9 Å². The Labute approximate surface area is 103 Å². The van der Waals surface area contributed by atoms with Crippen molar-refractivity contribution in [3.63, 3.8) is 0 Å². The Morgan fingerprint density at radius 2 is 2.31 bits per heavy atom. The van der Waals surface area contributed by atoms with Gasteiger partial charge in [-0.2, -0.15) is 10.2 Å². The molecule has 1 fully saturated rings. The van der Waals surface area contributed by atoms with Gasteiger partial charge in [-0.3, -0.25) is 4.79 Å². The number of aromatic nitrogens is 2. The van der Waals surface area contributed by atoms with Gasteiger partial charge in [0.05, 0.1) is 18.0 Å². The van der Waals surface area contributed by atoms with Crippen LogP contribution in [0.2, 0.25) is 0 Å². The number of rotatable bonds is 5. The maximum atomic E-state index is 11.7. The second-order valence-electron chi connectivity index (χ2n) is 4.25. The van der Waals surface area contributed by atoms with Crippen LogP contribution in [0.3, 0.4) is 0 Å². The summed E-state index contributed by atoms with van der Waals surface area (Å²) in [7, 11) is 0. The molecule has 0 bridgehead atoms. The Bertz CT molecular complexity index is 365. The standard InChI is InChI=1S/C11H14BrN3O/c12-5-4-11(2-3-11)8-13-10(16)9-1-6-14-15-7-9/h1,6-7H,2-5,8H2,(H,13,16). The molecule has 0 saturated heterocycles. The quantitative estimate of drug-likeness (QED) is 0.838. The monoisotopic (exact) mass is 283 g/mol. The van der Waals surface area contributed by atoms with E-state index in [0.717, 1.165) is 18.3 Å². The molecule has 1 saturated carbocycles. The van der Waals surface area contributed by atoms with Gasteiger partial charge in [0.25, 0.3) is 5.91 Å². The van der Waals surface area contributed by atoms with Crippen LogP contribution < -0.4 is 5.32 Å². The molecule has 1 N–H and O–H groups in total. The van der Waals surface area contributed by atoms with Crippen LogP contribution in [0, 0.1) is 5.41 Å². The van der Waals surface area contributed by atoms with Gasteiger partial charge >= 0.3 is 0 Å². The molecule has 0 aliphatic heterocycles. The number of hydrogen-bond donors (Lipinski definition) is 1. The number of nitrogens with one attached hydrogen (secondary N) is 1. The highest BCUT2D eigenvalue weighted by atomic mass is 79.9. The van der Waals surface area contributed by atoms with Gasteiger partial charge in [0.2, 0.25) is 0 Å². The Morgan fingerprint density at radius 1 is 1.50 bits per heavy atom. The smallest absolute Gasteiger partial charge is 0.252 e. The number of amides is 1. The number of carbonyl (C=O) groups excluding carboxylic acids is 1. The van der Waals surface area contributed by atoms with Crippen LogP contribution in [0.25, 0.3) is 0 Å². The first-order valence-corrected chi connectivity index (χ1v) is 6.49. The summed E-state index contributed by atoms with van der Waals surface area (Å²) in [5.74, 6) is -0.0595. The molecule has 86 valence electrons. The third-order valence-corrected chi connectivity index (χ3v) is 3.45. The van der Waals surface area contributed by atoms with E-state index >= 15 is 0 Å². The van der Waals surface area contributed by atoms with Crippen LogP contribution in [-0.2, 0) is 0 Å². The van der Waals surface area contributed by atoms with Crippen molar-refractivity contribution in [3.8, 4) is 0 Å². The zero-order chi connectivity index (χ0) is 11.4. The molecule has 1 heterocycles. The van der Waals surface area contributed by atoms with Crippen molar-refractivity contribution in [2.24, 2.45) is 5.41 Å². The van der Waals surface area contributed by atoms with Gasteiger partial charge in [0.15, 0.2) is 0 Å². The van der Waals surface area contributed by atoms with E-state index in [9.17, 15) is 4.79 Å². The van der Waals surface area contributed by atoms with Gasteiger partial charge in [-0.15, -0.1) is 0 Å². The molecule has 2 rings (SSSR count). The fourth-order valence-corrected chi connectivity index (χ4v) is 2.53. The molecule has 1 aliphatic carbocycles. The predicted molar refractivity (Wildman–Crippen MR) is 64.4 cm³/mol. The molecule has 0 atom stereocenters. The maximum Gasteiger partial charge on any atom is 0.252 e. The molecular formula is C11H14BrN3O. The van der Waals surface area contributed by atoms with E-state index in [1.165, 1.54) is 25.2 Å². The van der Waals surface area contributed by atoms with E-state index in [1.54, 1.807) is 6.07 Å². The molecule has 0 aromatic carbocycles. The Hall–Kier alpha value is -0.970. The fourth-order valence-electron chi connectivity index (χ4n) is 1.69.